The molecule has 0 bridgehead atoms. The monoisotopic (exact) mass is 528 g/mol. The summed E-state index contributed by atoms with van der Waals surface area (Å²) in [5.41, 5.74) is 3.27. The molecule has 0 spiro atoms. The Balaban J connectivity index is 1.51. The third-order valence-corrected chi connectivity index (χ3v) is 7.54. The molecule has 1 unspecified atom stereocenters. The number of imidazole rings is 1. The van der Waals surface area contributed by atoms with Crippen molar-refractivity contribution in [1.29, 1.82) is 0 Å². The smallest absolute Gasteiger partial charge is 0.280 e. The van der Waals surface area contributed by atoms with Crippen LogP contribution in [0.5, 0.6) is 0 Å². The second-order valence-corrected chi connectivity index (χ2v) is 11.4. The molecule has 11 heteroatoms. The third kappa shape index (κ3) is 5.16. The Morgan fingerprint density at radius 1 is 1.28 bits per heavy atom. The average Bonchev–Trinajstić information content (AvgIpc) is 3.56. The van der Waals surface area contributed by atoms with Crippen LogP contribution in [0, 0.1) is 12.8 Å². The van der Waals surface area contributed by atoms with E-state index in [2.05, 4.69) is 38.7 Å². The predicted molar refractivity (Wildman–Crippen MR) is 138 cm³/mol. The van der Waals surface area contributed by atoms with Gasteiger partial charge in [0, 0.05) is 25.6 Å². The molecule has 1 aliphatic rings. The molecule has 5 rings (SSSR count). The summed E-state index contributed by atoms with van der Waals surface area (Å²) in [5.74, 6) is 1.70. The van der Waals surface area contributed by atoms with E-state index in [-0.39, 0.29) is 24.1 Å². The van der Waals surface area contributed by atoms with Gasteiger partial charge in [0.05, 0.1) is 29.7 Å². The van der Waals surface area contributed by atoms with Gasteiger partial charge >= 0.3 is 0 Å². The van der Waals surface area contributed by atoms with Crippen molar-refractivity contribution >= 4 is 39.9 Å². The van der Waals surface area contributed by atoms with Crippen LogP contribution in [0.3, 0.4) is 0 Å². The van der Waals surface area contributed by atoms with Crippen LogP contribution in [0.2, 0.25) is 4.34 Å². The van der Waals surface area contributed by atoms with Gasteiger partial charge in [0.15, 0.2) is 5.01 Å². The second kappa shape index (κ2) is 10.3. The molecule has 4 heterocycles. The van der Waals surface area contributed by atoms with Gasteiger partial charge in [0.1, 0.15) is 27.6 Å². The number of methoxy groups -OCH3 is 1. The number of fused-ring (bicyclic) bond motifs is 1. The fraction of sp³-hybridized carbons (Fsp3) is 0.480. The average molecular weight is 529 g/mol. The number of aromatic nitrogens is 5. The van der Waals surface area contributed by atoms with Gasteiger partial charge in [-0.3, -0.25) is 4.79 Å². The van der Waals surface area contributed by atoms with Gasteiger partial charge in [0.2, 0.25) is 5.89 Å². The largest absolute Gasteiger partial charge is 0.443 e. The number of amides is 1. The highest BCUT2D eigenvalue weighted by Crippen LogP contribution is 2.36. The number of rotatable bonds is 7. The number of hydrogen-bond acceptors (Lipinski definition) is 8. The number of hydrogen-bond donors (Lipinski definition) is 1. The van der Waals surface area contributed by atoms with Crippen LogP contribution in [-0.2, 0) is 11.2 Å². The van der Waals surface area contributed by atoms with Crippen molar-refractivity contribution in [3.63, 3.8) is 0 Å². The topological polar surface area (TPSA) is 108 Å². The minimum atomic E-state index is -0.212. The number of ether oxygens (including phenoxy) is 1. The van der Waals surface area contributed by atoms with Crippen LogP contribution in [0.15, 0.2) is 29.1 Å². The lowest BCUT2D eigenvalue weighted by Gasteiger charge is -2.36. The zero-order valence-electron chi connectivity index (χ0n) is 20.7. The zero-order chi connectivity index (χ0) is 25.4. The van der Waals surface area contributed by atoms with Crippen molar-refractivity contribution in [3.8, 4) is 11.6 Å². The van der Waals surface area contributed by atoms with Crippen LogP contribution in [0.4, 0.5) is 0 Å². The van der Waals surface area contributed by atoms with Gasteiger partial charge in [-0.15, -0.1) is 0 Å². The summed E-state index contributed by atoms with van der Waals surface area (Å²) in [6, 6.07) is 2.00. The van der Waals surface area contributed by atoms with E-state index in [4.69, 9.17) is 25.7 Å². The maximum Gasteiger partial charge on any atom is 0.280 e. The third-order valence-electron chi connectivity index (χ3n) is 6.42. The molecule has 1 saturated carbocycles. The zero-order valence-corrected chi connectivity index (χ0v) is 22.3. The number of nitrogens with one attached hydrogen (secondary N) is 1. The summed E-state index contributed by atoms with van der Waals surface area (Å²) >= 11 is 7.16. The van der Waals surface area contributed by atoms with Crippen molar-refractivity contribution in [1.82, 2.24) is 29.8 Å². The summed E-state index contributed by atoms with van der Waals surface area (Å²) in [4.78, 5) is 30.9. The van der Waals surface area contributed by atoms with Gasteiger partial charge in [-0.2, -0.15) is 0 Å². The number of pyridine rings is 1. The lowest BCUT2D eigenvalue weighted by atomic mass is 9.88. The first-order valence-electron chi connectivity index (χ1n) is 12.0. The van der Waals surface area contributed by atoms with Crippen molar-refractivity contribution in [2.75, 3.05) is 7.11 Å². The van der Waals surface area contributed by atoms with E-state index >= 15 is 0 Å². The molecule has 0 saturated heterocycles. The van der Waals surface area contributed by atoms with Gasteiger partial charge in [-0.25, -0.2) is 19.9 Å². The Hall–Kier alpha value is -2.82. The van der Waals surface area contributed by atoms with Gasteiger partial charge in [-0.1, -0.05) is 36.8 Å². The SMILES string of the molecule is CO[C@H]1CC(NC(=O)c2ncc(Cl)s2)C[C@H](n2c(CC(C)C)nc3cnc(-c4nc(C)co4)cc32)C1. The Labute approximate surface area is 218 Å². The van der Waals surface area contributed by atoms with Crippen molar-refractivity contribution in [3.05, 3.63) is 45.6 Å². The van der Waals surface area contributed by atoms with E-state index in [9.17, 15) is 4.79 Å². The van der Waals surface area contributed by atoms with E-state index < -0.39 is 0 Å². The quantitative estimate of drug-likeness (QED) is 0.349. The number of oxazole rings is 1. The predicted octanol–water partition coefficient (Wildman–Crippen LogP) is 5.24. The van der Waals surface area contributed by atoms with E-state index in [1.54, 1.807) is 19.6 Å². The Kier molecular flexibility index (Phi) is 7.09. The van der Waals surface area contributed by atoms with E-state index in [0.717, 1.165) is 48.2 Å². The van der Waals surface area contributed by atoms with Crippen LogP contribution in [0.25, 0.3) is 22.6 Å². The first-order valence-corrected chi connectivity index (χ1v) is 13.2. The first-order chi connectivity index (χ1) is 17.3. The Bertz CT molecular complexity index is 1380. The molecule has 4 aromatic rings. The van der Waals surface area contributed by atoms with Gasteiger partial charge < -0.3 is 19.0 Å². The summed E-state index contributed by atoms with van der Waals surface area (Å²) in [6.07, 6.45) is 8.02. The molecule has 3 atom stereocenters. The van der Waals surface area contributed by atoms with E-state index in [1.165, 1.54) is 17.5 Å². The fourth-order valence-electron chi connectivity index (χ4n) is 4.92. The number of thiazole rings is 1. The molecule has 4 aromatic heterocycles. The number of carbonyl (C=O) groups excluding carboxylic acids is 1. The van der Waals surface area contributed by atoms with E-state index in [1.807, 2.05) is 13.0 Å². The molecule has 1 aliphatic carbocycles. The molecule has 1 amide bonds. The molecule has 0 aromatic carbocycles. The van der Waals surface area contributed by atoms with Crippen LogP contribution in [0.1, 0.15) is 60.5 Å². The molecular weight excluding hydrogens is 500 g/mol. The summed E-state index contributed by atoms with van der Waals surface area (Å²) in [5, 5.41) is 3.51. The number of aryl methyl sites for hydroxylation is 1. The maximum atomic E-state index is 12.8. The fourth-order valence-corrected chi connectivity index (χ4v) is 5.73. The lowest BCUT2D eigenvalue weighted by molar-refractivity contribution is 0.0390. The molecule has 9 nitrogen and oxygen atoms in total. The van der Waals surface area contributed by atoms with Gasteiger partial charge in [-0.05, 0) is 38.2 Å². The van der Waals surface area contributed by atoms with Crippen molar-refractivity contribution in [2.24, 2.45) is 5.92 Å². The molecule has 0 radical (unpaired) electrons. The Morgan fingerprint density at radius 2 is 2.11 bits per heavy atom. The standard InChI is InChI=1S/C25H29ClN6O3S/c1-13(2)5-22-31-19-10-27-18(24-29-14(3)12-35-24)9-20(19)32(22)16-6-15(7-17(8-16)34-4)30-23(33)25-28-11-21(26)36-25/h9-13,15-17H,5-8H2,1-4H3,(H,30,33)/t15?,16-,17-/m0/s1. The minimum absolute atomic E-state index is 0.00557. The lowest BCUT2D eigenvalue weighted by Crippen LogP contribution is -2.43. The van der Waals surface area contributed by atoms with Crippen LogP contribution < -0.4 is 5.32 Å². The molecule has 36 heavy (non-hydrogen) atoms. The second-order valence-electron chi connectivity index (χ2n) is 9.71. The van der Waals surface area contributed by atoms with Crippen molar-refractivity contribution < 1.29 is 13.9 Å². The highest BCUT2D eigenvalue weighted by Gasteiger charge is 2.33. The summed E-state index contributed by atoms with van der Waals surface area (Å²) in [6.45, 7) is 6.26. The van der Waals surface area contributed by atoms with Gasteiger partial charge in [0.25, 0.3) is 5.91 Å². The normalized spacial score (nSPS) is 20.3. The maximum absolute atomic E-state index is 12.8. The molecule has 0 aliphatic heterocycles. The van der Waals surface area contributed by atoms with Crippen molar-refractivity contribution in [2.45, 2.75) is 64.6 Å². The number of carbonyl (C=O) groups is 1. The first kappa shape index (κ1) is 24.9. The Morgan fingerprint density at radius 3 is 2.78 bits per heavy atom. The van der Waals surface area contributed by atoms with E-state index in [0.29, 0.717) is 26.8 Å². The molecule has 190 valence electrons. The molecule has 1 N–H and O–H groups in total. The molecular formula is C25H29ClN6O3S. The number of halogens is 1. The summed E-state index contributed by atoms with van der Waals surface area (Å²) in [7, 11) is 1.72. The highest BCUT2D eigenvalue weighted by atomic mass is 35.5. The molecule has 1 fully saturated rings. The van der Waals surface area contributed by atoms with Crippen LogP contribution >= 0.6 is 22.9 Å². The van der Waals surface area contributed by atoms with Crippen LogP contribution in [-0.4, -0.2) is 49.7 Å². The minimum Gasteiger partial charge on any atom is -0.443 e. The summed E-state index contributed by atoms with van der Waals surface area (Å²) < 4.78 is 14.2. The number of nitrogens with zero attached hydrogens (tertiary/aromatic N) is 5. The highest BCUT2D eigenvalue weighted by molar-refractivity contribution is 7.17.